The highest BCUT2D eigenvalue weighted by Crippen LogP contribution is 2.26. The molecule has 1 fully saturated rings. The number of ether oxygens (including phenoxy) is 2. The zero-order chi connectivity index (χ0) is 23.4. The van der Waals surface area contributed by atoms with Crippen molar-refractivity contribution < 1.29 is 22.7 Å². The Kier molecular flexibility index (Phi) is 6.99. The summed E-state index contributed by atoms with van der Waals surface area (Å²) in [4.78, 5) is 17.5. The first-order valence-electron chi connectivity index (χ1n) is 11.3. The van der Waals surface area contributed by atoms with E-state index in [1.165, 1.54) is 0 Å². The van der Waals surface area contributed by atoms with Crippen LogP contribution in [0.2, 0.25) is 0 Å². The van der Waals surface area contributed by atoms with Crippen LogP contribution < -0.4 is 4.74 Å². The Labute approximate surface area is 194 Å². The summed E-state index contributed by atoms with van der Waals surface area (Å²) in [5, 5.41) is 0. The zero-order valence-corrected chi connectivity index (χ0v) is 19.8. The first-order valence-corrected chi connectivity index (χ1v) is 12.8. The van der Waals surface area contributed by atoms with Gasteiger partial charge in [-0.3, -0.25) is 0 Å². The van der Waals surface area contributed by atoms with Crippen LogP contribution in [0, 0.1) is 0 Å². The number of fused-ring (bicyclic) bond motifs is 1. The maximum atomic E-state index is 13.1. The van der Waals surface area contributed by atoms with Crippen molar-refractivity contribution in [3.8, 4) is 5.75 Å². The summed E-state index contributed by atoms with van der Waals surface area (Å²) >= 11 is 0. The molecular formula is C24H29N3O5S. The van der Waals surface area contributed by atoms with Gasteiger partial charge in [-0.05, 0) is 57.0 Å². The molecule has 0 aliphatic carbocycles. The Bertz CT molecular complexity index is 1250. The summed E-state index contributed by atoms with van der Waals surface area (Å²) in [5.41, 5.74) is 1.72. The molecule has 4 rings (SSSR count). The summed E-state index contributed by atoms with van der Waals surface area (Å²) in [6, 6.07) is 12.0. The van der Waals surface area contributed by atoms with Crippen LogP contribution in [-0.2, 0) is 27.9 Å². The van der Waals surface area contributed by atoms with E-state index in [2.05, 4.69) is 4.98 Å². The molecule has 1 aliphatic rings. The van der Waals surface area contributed by atoms with Crippen molar-refractivity contribution in [1.82, 2.24) is 13.9 Å². The van der Waals surface area contributed by atoms with Crippen molar-refractivity contribution in [2.24, 2.45) is 0 Å². The van der Waals surface area contributed by atoms with Gasteiger partial charge in [0.25, 0.3) is 0 Å². The van der Waals surface area contributed by atoms with Gasteiger partial charge in [-0.15, -0.1) is 0 Å². The predicted molar refractivity (Wildman–Crippen MR) is 125 cm³/mol. The van der Waals surface area contributed by atoms with Crippen LogP contribution in [0.4, 0.5) is 0 Å². The molecule has 8 nitrogen and oxygen atoms in total. The van der Waals surface area contributed by atoms with Gasteiger partial charge < -0.3 is 14.0 Å². The fourth-order valence-electron chi connectivity index (χ4n) is 4.16. The van der Waals surface area contributed by atoms with E-state index in [9.17, 15) is 13.2 Å². The molecule has 9 heteroatoms. The van der Waals surface area contributed by atoms with Crippen molar-refractivity contribution in [2.45, 2.75) is 51.2 Å². The molecule has 0 atom stereocenters. The summed E-state index contributed by atoms with van der Waals surface area (Å²) < 4.78 is 40.6. The maximum Gasteiger partial charge on any atom is 0.342 e. The number of rotatable bonds is 8. The van der Waals surface area contributed by atoms with Gasteiger partial charge in [0.15, 0.2) is 0 Å². The highest BCUT2D eigenvalue weighted by atomic mass is 32.2. The quantitative estimate of drug-likeness (QED) is 0.462. The smallest absolute Gasteiger partial charge is 0.342 e. The number of piperidine rings is 1. The molecule has 1 aliphatic heterocycles. The van der Waals surface area contributed by atoms with Gasteiger partial charge in [0, 0.05) is 19.6 Å². The number of benzene rings is 2. The third-order valence-corrected chi connectivity index (χ3v) is 7.70. The Hall–Kier alpha value is -2.91. The zero-order valence-electron chi connectivity index (χ0n) is 19.0. The fourth-order valence-corrected chi connectivity index (χ4v) is 5.70. The molecule has 0 saturated carbocycles. The van der Waals surface area contributed by atoms with E-state index < -0.39 is 16.0 Å². The molecule has 0 N–H and O–H groups in total. The van der Waals surface area contributed by atoms with Crippen LogP contribution in [0.5, 0.6) is 5.75 Å². The molecule has 2 aromatic carbocycles. The monoisotopic (exact) mass is 471 g/mol. The normalized spacial score (nSPS) is 15.0. The van der Waals surface area contributed by atoms with Gasteiger partial charge in [-0.1, -0.05) is 18.6 Å². The topological polar surface area (TPSA) is 90.7 Å². The second kappa shape index (κ2) is 9.93. The number of esters is 1. The van der Waals surface area contributed by atoms with E-state index in [0.717, 1.165) is 24.8 Å². The van der Waals surface area contributed by atoms with Crippen LogP contribution in [0.3, 0.4) is 0 Å². The Balaban J connectivity index is 1.58. The van der Waals surface area contributed by atoms with E-state index in [4.69, 9.17) is 9.47 Å². The number of hydrogen-bond donors (Lipinski definition) is 0. The van der Waals surface area contributed by atoms with E-state index in [1.54, 1.807) is 46.8 Å². The van der Waals surface area contributed by atoms with Crippen LogP contribution in [-0.4, -0.2) is 47.9 Å². The van der Waals surface area contributed by atoms with Crippen LogP contribution in [0.15, 0.2) is 47.4 Å². The first kappa shape index (κ1) is 23.3. The lowest BCUT2D eigenvalue weighted by Crippen LogP contribution is -2.35. The molecule has 176 valence electrons. The van der Waals surface area contributed by atoms with Crippen LogP contribution in [0.1, 0.15) is 49.3 Å². The fraction of sp³-hybridized carbons (Fsp3) is 0.417. The summed E-state index contributed by atoms with van der Waals surface area (Å²) in [6.07, 6.45) is 2.82. The van der Waals surface area contributed by atoms with Crippen molar-refractivity contribution in [3.05, 3.63) is 53.9 Å². The number of aromatic nitrogens is 2. The average molecular weight is 472 g/mol. The second-order valence-corrected chi connectivity index (χ2v) is 9.83. The lowest BCUT2D eigenvalue weighted by molar-refractivity contribution is 0.0454. The van der Waals surface area contributed by atoms with Crippen molar-refractivity contribution in [3.63, 3.8) is 0 Å². The van der Waals surface area contributed by atoms with E-state index >= 15 is 0 Å². The number of para-hydroxylation sites is 1. The van der Waals surface area contributed by atoms with Crippen LogP contribution in [0.25, 0.3) is 11.0 Å². The Morgan fingerprint density at radius 1 is 1.06 bits per heavy atom. The minimum Gasteiger partial charge on any atom is -0.493 e. The number of carbonyl (C=O) groups is 1. The SMILES string of the molecule is CCOc1ccccc1C(=O)OCc1nc2cc(S(=O)(=O)N3CCCCC3)ccc2n1CC. The third-order valence-electron chi connectivity index (χ3n) is 5.81. The highest BCUT2D eigenvalue weighted by molar-refractivity contribution is 7.89. The molecule has 33 heavy (non-hydrogen) atoms. The number of sulfonamides is 1. The Morgan fingerprint density at radius 3 is 2.55 bits per heavy atom. The third kappa shape index (κ3) is 4.74. The van der Waals surface area contributed by atoms with Crippen LogP contribution >= 0.6 is 0 Å². The van der Waals surface area contributed by atoms with Gasteiger partial charge in [0.2, 0.25) is 10.0 Å². The first-order chi connectivity index (χ1) is 16.0. The molecule has 0 radical (unpaired) electrons. The maximum absolute atomic E-state index is 13.1. The van der Waals surface area contributed by atoms with Gasteiger partial charge in [-0.25, -0.2) is 18.2 Å². The minimum absolute atomic E-state index is 0.0317. The summed E-state index contributed by atoms with van der Waals surface area (Å²) in [5.74, 6) is 0.533. The largest absolute Gasteiger partial charge is 0.493 e. The molecule has 0 amide bonds. The van der Waals surface area contributed by atoms with Gasteiger partial charge in [-0.2, -0.15) is 4.31 Å². The molecule has 1 saturated heterocycles. The Morgan fingerprint density at radius 2 is 1.82 bits per heavy atom. The molecule has 0 unspecified atom stereocenters. The molecule has 0 spiro atoms. The number of hydrogen-bond acceptors (Lipinski definition) is 6. The molecular weight excluding hydrogens is 442 g/mol. The lowest BCUT2D eigenvalue weighted by Gasteiger charge is -2.25. The number of carbonyl (C=O) groups excluding carboxylic acids is 1. The standard InChI is InChI=1S/C24H29N3O5S/c1-3-27-21-13-12-18(33(29,30)26-14-8-5-9-15-26)16-20(21)25-23(27)17-32-24(28)19-10-6-7-11-22(19)31-4-2/h6-7,10-13,16H,3-5,8-9,14-15,17H2,1-2H3. The minimum atomic E-state index is -3.55. The average Bonchev–Trinajstić information content (AvgIpc) is 3.20. The number of imidazole rings is 1. The number of aryl methyl sites for hydroxylation is 1. The van der Waals surface area contributed by atoms with E-state index in [0.29, 0.717) is 48.9 Å². The van der Waals surface area contributed by atoms with Gasteiger partial charge in [0.05, 0.1) is 22.5 Å². The lowest BCUT2D eigenvalue weighted by atomic mass is 10.2. The highest BCUT2D eigenvalue weighted by Gasteiger charge is 2.27. The summed E-state index contributed by atoms with van der Waals surface area (Å²) in [7, 11) is -3.55. The van der Waals surface area contributed by atoms with Gasteiger partial charge in [0.1, 0.15) is 23.7 Å². The predicted octanol–water partition coefficient (Wildman–Crippen LogP) is 3.99. The molecule has 1 aromatic heterocycles. The number of nitrogens with zero attached hydrogens (tertiary/aromatic N) is 3. The van der Waals surface area contributed by atoms with Crippen molar-refractivity contribution in [1.29, 1.82) is 0 Å². The summed E-state index contributed by atoms with van der Waals surface area (Å²) in [6.45, 7) is 5.94. The molecule has 2 heterocycles. The molecule has 0 bridgehead atoms. The molecule has 3 aromatic rings. The second-order valence-electron chi connectivity index (χ2n) is 7.89. The van der Waals surface area contributed by atoms with Crippen molar-refractivity contribution >= 4 is 27.0 Å². The van der Waals surface area contributed by atoms with Crippen molar-refractivity contribution in [2.75, 3.05) is 19.7 Å². The van der Waals surface area contributed by atoms with E-state index in [-0.39, 0.29) is 11.5 Å². The van der Waals surface area contributed by atoms with Gasteiger partial charge >= 0.3 is 5.97 Å². The van der Waals surface area contributed by atoms with E-state index in [1.807, 2.05) is 18.4 Å².